The van der Waals surface area contributed by atoms with Gasteiger partial charge in [0.2, 0.25) is 0 Å². The molecule has 0 unspecified atom stereocenters. The number of rotatable bonds is 9. The molecule has 0 bridgehead atoms. The Labute approximate surface area is 202 Å². The van der Waals surface area contributed by atoms with Crippen molar-refractivity contribution in [3.63, 3.8) is 0 Å². The second-order valence-corrected chi connectivity index (χ2v) is 7.20. The fraction of sp³-hybridized carbons (Fsp3) is 0.435. The van der Waals surface area contributed by atoms with Gasteiger partial charge in [0.15, 0.2) is 5.96 Å². The molecule has 0 aliphatic carbocycles. The van der Waals surface area contributed by atoms with Crippen molar-refractivity contribution in [1.82, 2.24) is 25.2 Å². The van der Waals surface area contributed by atoms with E-state index in [2.05, 4.69) is 86.2 Å². The lowest BCUT2D eigenvalue weighted by Gasteiger charge is -2.19. The summed E-state index contributed by atoms with van der Waals surface area (Å²) in [5.74, 6) is 2.88. The van der Waals surface area contributed by atoms with Gasteiger partial charge in [-0.25, -0.2) is 9.97 Å². The number of hydrogen-bond acceptors (Lipinski definition) is 4. The maximum atomic E-state index is 4.63. The van der Waals surface area contributed by atoms with Crippen LogP contribution in [-0.2, 0) is 13.1 Å². The smallest absolute Gasteiger partial charge is 0.191 e. The van der Waals surface area contributed by atoms with Gasteiger partial charge in [0, 0.05) is 46.0 Å². The molecule has 1 aromatic carbocycles. The molecular weight excluding hydrogens is 501 g/mol. The zero-order chi connectivity index (χ0) is 21.3. The molecule has 2 heterocycles. The average molecular weight is 535 g/mol. The van der Waals surface area contributed by atoms with E-state index in [1.807, 2.05) is 12.3 Å². The van der Waals surface area contributed by atoms with Crippen LogP contribution in [0.1, 0.15) is 31.7 Å². The van der Waals surface area contributed by atoms with E-state index in [9.17, 15) is 0 Å². The van der Waals surface area contributed by atoms with Gasteiger partial charge in [0.05, 0.1) is 11.0 Å². The molecule has 0 aliphatic rings. The molecule has 0 radical (unpaired) electrons. The number of fused-ring (bicyclic) bond motifs is 1. The van der Waals surface area contributed by atoms with E-state index in [4.69, 9.17) is 0 Å². The van der Waals surface area contributed by atoms with Gasteiger partial charge >= 0.3 is 0 Å². The number of benzene rings is 1. The molecule has 31 heavy (non-hydrogen) atoms. The topological polar surface area (TPSA) is 70.4 Å². The fourth-order valence-electron chi connectivity index (χ4n) is 3.58. The molecule has 7 nitrogen and oxygen atoms in total. The molecule has 0 spiro atoms. The molecular formula is C23H34IN7. The van der Waals surface area contributed by atoms with Crippen molar-refractivity contribution in [2.75, 3.05) is 31.6 Å². The Morgan fingerprint density at radius 1 is 1.10 bits per heavy atom. The summed E-state index contributed by atoms with van der Waals surface area (Å²) in [6.07, 6.45) is 2.92. The molecule has 0 saturated carbocycles. The summed E-state index contributed by atoms with van der Waals surface area (Å²) in [6.45, 7) is 10.7. The number of nitrogens with zero attached hydrogens (tertiary/aromatic N) is 5. The van der Waals surface area contributed by atoms with Gasteiger partial charge in [-0.2, -0.15) is 0 Å². The van der Waals surface area contributed by atoms with Gasteiger partial charge in [-0.05, 0) is 51.0 Å². The maximum absolute atomic E-state index is 4.63. The van der Waals surface area contributed by atoms with Crippen molar-refractivity contribution in [2.24, 2.45) is 4.99 Å². The van der Waals surface area contributed by atoms with Crippen molar-refractivity contribution in [3.8, 4) is 0 Å². The number of nitrogens with one attached hydrogen (secondary N) is 2. The van der Waals surface area contributed by atoms with Crippen LogP contribution in [0.4, 0.5) is 5.82 Å². The van der Waals surface area contributed by atoms with Crippen LogP contribution in [0.3, 0.4) is 0 Å². The third-order valence-electron chi connectivity index (χ3n) is 5.28. The average Bonchev–Trinajstić information content (AvgIpc) is 3.10. The van der Waals surface area contributed by atoms with Crippen LogP contribution in [0, 0.1) is 6.92 Å². The fourth-order valence-corrected chi connectivity index (χ4v) is 3.58. The second-order valence-electron chi connectivity index (χ2n) is 7.20. The zero-order valence-corrected chi connectivity index (χ0v) is 21.3. The molecule has 8 heteroatoms. The van der Waals surface area contributed by atoms with Crippen LogP contribution in [0.5, 0.6) is 0 Å². The predicted octanol–water partition coefficient (Wildman–Crippen LogP) is 3.96. The number of halogens is 1. The Hall–Kier alpha value is -2.36. The minimum Gasteiger partial charge on any atom is -0.357 e. The first-order valence-electron chi connectivity index (χ1n) is 10.7. The van der Waals surface area contributed by atoms with Crippen molar-refractivity contribution < 1.29 is 0 Å². The standard InChI is InChI=1S/C23H33N7.HI/c1-5-29(6-2)22-13-12-19(16-26-22)17-27-23(24-4)25-14-9-15-30-18(3)28-20-10-7-8-11-21(20)30;/h7-8,10-13,16H,5-6,9,14-15,17H2,1-4H3,(H2,24,25,27);1H. The molecule has 0 fully saturated rings. The summed E-state index contributed by atoms with van der Waals surface area (Å²) in [4.78, 5) is 15.8. The molecule has 0 amide bonds. The summed E-state index contributed by atoms with van der Waals surface area (Å²) in [5, 5.41) is 6.76. The zero-order valence-electron chi connectivity index (χ0n) is 18.9. The molecule has 3 aromatic rings. The van der Waals surface area contributed by atoms with E-state index >= 15 is 0 Å². The largest absolute Gasteiger partial charge is 0.357 e. The highest BCUT2D eigenvalue weighted by molar-refractivity contribution is 14.0. The predicted molar refractivity (Wildman–Crippen MR) is 141 cm³/mol. The highest BCUT2D eigenvalue weighted by atomic mass is 127. The quantitative estimate of drug-likeness (QED) is 0.188. The number of aromatic nitrogens is 3. The number of anilines is 1. The Morgan fingerprint density at radius 2 is 1.87 bits per heavy atom. The normalized spacial score (nSPS) is 11.3. The Morgan fingerprint density at radius 3 is 2.55 bits per heavy atom. The second kappa shape index (κ2) is 12.5. The highest BCUT2D eigenvalue weighted by Gasteiger charge is 2.07. The summed E-state index contributed by atoms with van der Waals surface area (Å²) in [5.41, 5.74) is 3.38. The van der Waals surface area contributed by atoms with Crippen molar-refractivity contribution >= 4 is 46.8 Å². The third-order valence-corrected chi connectivity index (χ3v) is 5.28. The van der Waals surface area contributed by atoms with Gasteiger partial charge in [-0.1, -0.05) is 18.2 Å². The highest BCUT2D eigenvalue weighted by Crippen LogP contribution is 2.15. The number of para-hydroxylation sites is 2. The minimum atomic E-state index is 0. The van der Waals surface area contributed by atoms with Gasteiger partial charge < -0.3 is 20.1 Å². The van der Waals surface area contributed by atoms with E-state index in [0.717, 1.165) is 61.3 Å². The van der Waals surface area contributed by atoms with Crippen LogP contribution >= 0.6 is 24.0 Å². The van der Waals surface area contributed by atoms with Crippen molar-refractivity contribution in [2.45, 2.75) is 40.3 Å². The molecule has 168 valence electrons. The summed E-state index contributed by atoms with van der Waals surface area (Å²) >= 11 is 0. The summed E-state index contributed by atoms with van der Waals surface area (Å²) < 4.78 is 2.27. The van der Waals surface area contributed by atoms with Gasteiger partial charge in [-0.15, -0.1) is 24.0 Å². The van der Waals surface area contributed by atoms with Crippen LogP contribution in [0.2, 0.25) is 0 Å². The molecule has 3 rings (SSSR count). The van der Waals surface area contributed by atoms with E-state index in [0.29, 0.717) is 6.54 Å². The number of hydrogen-bond donors (Lipinski definition) is 2. The van der Waals surface area contributed by atoms with E-state index in [-0.39, 0.29) is 24.0 Å². The lowest BCUT2D eigenvalue weighted by Crippen LogP contribution is -2.37. The Bertz CT molecular complexity index is 962. The Balaban J connectivity index is 0.00000341. The number of aryl methyl sites for hydroxylation is 2. The maximum Gasteiger partial charge on any atom is 0.191 e. The Kier molecular flexibility index (Phi) is 10.0. The number of imidazole rings is 1. The first kappa shape index (κ1) is 24.9. The SMILES string of the molecule is CCN(CC)c1ccc(CNC(=NC)NCCCn2c(C)nc3ccccc32)cn1.I. The number of pyridine rings is 1. The monoisotopic (exact) mass is 535 g/mol. The van der Waals surface area contributed by atoms with E-state index in [1.165, 1.54) is 5.52 Å². The molecule has 0 aliphatic heterocycles. The van der Waals surface area contributed by atoms with Crippen LogP contribution in [-0.4, -0.2) is 47.2 Å². The number of aliphatic imine (C=N–C) groups is 1. The van der Waals surface area contributed by atoms with Crippen molar-refractivity contribution in [3.05, 3.63) is 54.0 Å². The van der Waals surface area contributed by atoms with Crippen LogP contribution in [0.15, 0.2) is 47.6 Å². The summed E-state index contributed by atoms with van der Waals surface area (Å²) in [6, 6.07) is 12.5. The van der Waals surface area contributed by atoms with Crippen molar-refractivity contribution in [1.29, 1.82) is 0 Å². The van der Waals surface area contributed by atoms with Gasteiger partial charge in [0.1, 0.15) is 11.6 Å². The number of guanidine groups is 1. The minimum absolute atomic E-state index is 0. The summed E-state index contributed by atoms with van der Waals surface area (Å²) in [7, 11) is 1.80. The lowest BCUT2D eigenvalue weighted by atomic mass is 10.2. The first-order valence-corrected chi connectivity index (χ1v) is 10.7. The molecule has 2 aromatic heterocycles. The van der Waals surface area contributed by atoms with Gasteiger partial charge in [-0.3, -0.25) is 4.99 Å². The van der Waals surface area contributed by atoms with E-state index < -0.39 is 0 Å². The van der Waals surface area contributed by atoms with E-state index in [1.54, 1.807) is 7.05 Å². The van der Waals surface area contributed by atoms with Crippen LogP contribution in [0.25, 0.3) is 11.0 Å². The molecule has 2 N–H and O–H groups in total. The molecule has 0 atom stereocenters. The third kappa shape index (κ3) is 6.56. The molecule has 0 saturated heterocycles. The van der Waals surface area contributed by atoms with Gasteiger partial charge in [0.25, 0.3) is 0 Å². The van der Waals surface area contributed by atoms with Crippen LogP contribution < -0.4 is 15.5 Å². The first-order chi connectivity index (χ1) is 14.7. The lowest BCUT2D eigenvalue weighted by molar-refractivity contribution is 0.624.